The predicted octanol–water partition coefficient (Wildman–Crippen LogP) is 9.52. The van der Waals surface area contributed by atoms with Gasteiger partial charge in [0.2, 0.25) is 0 Å². The first kappa shape index (κ1) is 35.9. The summed E-state index contributed by atoms with van der Waals surface area (Å²) in [6.07, 6.45) is 5.22. The zero-order valence-electron chi connectivity index (χ0n) is 26.3. The minimum absolute atomic E-state index is 0. The van der Waals surface area contributed by atoms with Gasteiger partial charge >= 0.3 is 0 Å². The van der Waals surface area contributed by atoms with Crippen molar-refractivity contribution in [3.63, 3.8) is 0 Å². The molecule has 3 heterocycles. The largest absolute Gasteiger partial charge is 0.375 e. The molecule has 0 saturated carbocycles. The fourth-order valence-corrected chi connectivity index (χ4v) is 6.33. The molecule has 14 unspecified atom stereocenters. The third-order valence-electron chi connectivity index (χ3n) is 10.6. The molecule has 0 radical (unpaired) electrons. The van der Waals surface area contributed by atoms with Gasteiger partial charge in [-0.2, -0.15) is 0 Å². The smallest absolute Gasteiger partial charge is 0.0633 e. The van der Waals surface area contributed by atoms with Gasteiger partial charge in [0, 0.05) is 0 Å². The molecule has 3 nitrogen and oxygen atoms in total. The Balaban J connectivity index is 0.000000504. The van der Waals surface area contributed by atoms with Crippen LogP contribution in [0.15, 0.2) is 0 Å². The zero-order chi connectivity index (χ0) is 27.2. The molecule has 3 aliphatic rings. The van der Waals surface area contributed by atoms with Gasteiger partial charge in [-0.25, -0.2) is 0 Å². The van der Waals surface area contributed by atoms with Crippen LogP contribution in [0.1, 0.15) is 124 Å². The van der Waals surface area contributed by atoms with Crippen molar-refractivity contribution >= 4 is 0 Å². The Hall–Kier alpha value is -0.120. The highest BCUT2D eigenvalue weighted by Gasteiger charge is 2.39. The maximum absolute atomic E-state index is 5.94. The molecule has 218 valence electrons. The summed E-state index contributed by atoms with van der Waals surface area (Å²) in [6.45, 7) is 34.0. The zero-order valence-corrected chi connectivity index (χ0v) is 26.3. The summed E-state index contributed by atoms with van der Waals surface area (Å²) < 4.78 is 17.7. The van der Waals surface area contributed by atoms with Crippen molar-refractivity contribution in [3.05, 3.63) is 0 Å². The Kier molecular flexibility index (Phi) is 16.0. The third-order valence-corrected chi connectivity index (χ3v) is 10.6. The highest BCUT2D eigenvalue weighted by atomic mass is 16.5. The molecule has 3 rings (SSSR count). The lowest BCUT2D eigenvalue weighted by Gasteiger charge is -2.42. The van der Waals surface area contributed by atoms with Gasteiger partial charge in [0.1, 0.15) is 0 Å². The van der Waals surface area contributed by atoms with E-state index in [1.165, 1.54) is 6.42 Å². The normalized spacial score (nSPS) is 45.2. The molecule has 0 N–H and O–H groups in total. The molecule has 0 aliphatic carbocycles. The van der Waals surface area contributed by atoms with E-state index in [1.807, 2.05) is 0 Å². The maximum atomic E-state index is 5.94. The molecule has 0 spiro atoms. The van der Waals surface area contributed by atoms with Gasteiger partial charge in [0.15, 0.2) is 0 Å². The predicted molar refractivity (Wildman–Crippen MR) is 158 cm³/mol. The molecule has 0 bridgehead atoms. The molecule has 14 atom stereocenters. The van der Waals surface area contributed by atoms with Crippen molar-refractivity contribution in [2.75, 3.05) is 0 Å². The summed E-state index contributed by atoms with van der Waals surface area (Å²) in [5, 5.41) is 0. The van der Waals surface area contributed by atoms with Crippen LogP contribution in [-0.2, 0) is 14.2 Å². The van der Waals surface area contributed by atoms with Crippen molar-refractivity contribution in [2.24, 2.45) is 53.3 Å². The van der Waals surface area contributed by atoms with Crippen LogP contribution in [0, 0.1) is 53.3 Å². The van der Waals surface area contributed by atoms with Gasteiger partial charge in [-0.05, 0) is 80.5 Å². The van der Waals surface area contributed by atoms with Gasteiger partial charge in [0.05, 0.1) is 36.6 Å². The highest BCUT2D eigenvalue weighted by Crippen LogP contribution is 2.37. The summed E-state index contributed by atoms with van der Waals surface area (Å²) in [5.74, 6) is 6.53. The first-order chi connectivity index (χ1) is 16.2. The lowest BCUT2D eigenvalue weighted by atomic mass is 9.76. The average molecular weight is 513 g/mol. The molecule has 3 aliphatic heterocycles. The molecule has 3 heteroatoms. The van der Waals surface area contributed by atoms with E-state index in [-0.39, 0.29) is 7.43 Å². The Morgan fingerprint density at radius 1 is 0.500 bits per heavy atom. The summed E-state index contributed by atoms with van der Waals surface area (Å²) in [5.41, 5.74) is 0. The molecule has 0 amide bonds. The van der Waals surface area contributed by atoms with E-state index in [1.54, 1.807) is 0 Å². The molecule has 0 aromatic rings. The van der Waals surface area contributed by atoms with Crippen LogP contribution in [0.3, 0.4) is 0 Å². The van der Waals surface area contributed by atoms with Crippen LogP contribution < -0.4 is 0 Å². The average Bonchev–Trinajstić information content (AvgIpc) is 3.24. The minimum Gasteiger partial charge on any atom is -0.375 e. The van der Waals surface area contributed by atoms with Crippen molar-refractivity contribution in [3.8, 4) is 0 Å². The van der Waals surface area contributed by atoms with E-state index in [2.05, 4.69) is 104 Å². The fourth-order valence-electron chi connectivity index (χ4n) is 6.33. The van der Waals surface area contributed by atoms with Gasteiger partial charge in [-0.1, -0.05) is 96.9 Å². The van der Waals surface area contributed by atoms with Crippen LogP contribution in [0.4, 0.5) is 0 Å². The van der Waals surface area contributed by atoms with Crippen LogP contribution in [0.25, 0.3) is 0 Å². The lowest BCUT2D eigenvalue weighted by Crippen LogP contribution is -2.42. The van der Waals surface area contributed by atoms with Crippen molar-refractivity contribution in [2.45, 2.75) is 161 Å². The van der Waals surface area contributed by atoms with E-state index < -0.39 is 0 Å². The van der Waals surface area contributed by atoms with Crippen molar-refractivity contribution in [1.82, 2.24) is 0 Å². The van der Waals surface area contributed by atoms with Crippen LogP contribution in [0.2, 0.25) is 0 Å². The molecule has 36 heavy (non-hydrogen) atoms. The highest BCUT2D eigenvalue weighted by molar-refractivity contribution is 4.86. The summed E-state index contributed by atoms with van der Waals surface area (Å²) in [7, 11) is 0. The Labute approximate surface area is 228 Å². The maximum Gasteiger partial charge on any atom is 0.0633 e. The van der Waals surface area contributed by atoms with E-state index in [0.29, 0.717) is 54.4 Å². The molecular weight excluding hydrogens is 444 g/mol. The molecule has 0 aromatic heterocycles. The van der Waals surface area contributed by atoms with Crippen molar-refractivity contribution < 1.29 is 14.2 Å². The van der Waals surface area contributed by atoms with Gasteiger partial charge < -0.3 is 14.2 Å². The van der Waals surface area contributed by atoms with E-state index in [4.69, 9.17) is 14.2 Å². The second kappa shape index (κ2) is 16.1. The molecular formula is C33H68O3. The summed E-state index contributed by atoms with van der Waals surface area (Å²) in [4.78, 5) is 0. The quantitative estimate of drug-likeness (QED) is 0.375. The molecule has 3 saturated heterocycles. The molecule has 3 fully saturated rings. The van der Waals surface area contributed by atoms with Gasteiger partial charge in [0.25, 0.3) is 0 Å². The molecule has 0 aromatic carbocycles. The topological polar surface area (TPSA) is 27.7 Å². The Morgan fingerprint density at radius 2 is 0.889 bits per heavy atom. The number of ether oxygens (including phenoxy) is 3. The Bertz CT molecular complexity index is 573. The van der Waals surface area contributed by atoms with Gasteiger partial charge in [-0.3, -0.25) is 0 Å². The summed E-state index contributed by atoms with van der Waals surface area (Å²) >= 11 is 0. The van der Waals surface area contributed by atoms with Crippen LogP contribution >= 0.6 is 0 Å². The Morgan fingerprint density at radius 3 is 1.19 bits per heavy atom. The number of hydrogen-bond donors (Lipinski definition) is 0. The van der Waals surface area contributed by atoms with E-state index >= 15 is 0 Å². The van der Waals surface area contributed by atoms with Crippen LogP contribution in [-0.4, -0.2) is 36.6 Å². The third kappa shape index (κ3) is 8.98. The van der Waals surface area contributed by atoms with E-state index in [9.17, 15) is 0 Å². The van der Waals surface area contributed by atoms with Crippen LogP contribution in [0.5, 0.6) is 0 Å². The second-order valence-electron chi connectivity index (χ2n) is 13.0. The SMILES string of the molecule is C.CC(C)C1OC(C)C(C)C1C.CCC(C)C1OC(C)C(C)C1C.CCC1OC(C)C(C)C(C)C1C. The monoisotopic (exact) mass is 513 g/mol. The number of rotatable bonds is 4. The van der Waals surface area contributed by atoms with E-state index in [0.717, 1.165) is 41.9 Å². The summed E-state index contributed by atoms with van der Waals surface area (Å²) in [6, 6.07) is 0. The van der Waals surface area contributed by atoms with Gasteiger partial charge in [-0.15, -0.1) is 0 Å². The minimum atomic E-state index is 0. The lowest BCUT2D eigenvalue weighted by molar-refractivity contribution is -0.125. The van der Waals surface area contributed by atoms with Crippen molar-refractivity contribution in [1.29, 1.82) is 0 Å². The first-order valence-electron chi connectivity index (χ1n) is 15.2. The number of hydrogen-bond acceptors (Lipinski definition) is 3. The second-order valence-corrected chi connectivity index (χ2v) is 13.0. The first-order valence-corrected chi connectivity index (χ1v) is 15.2. The standard InChI is InChI=1S/2C11H22O.C10H20O.CH4/c1-6-11-9(4)7(2)8(3)10(5)12-11;1-6-7(2)11-9(4)8(3)10(5)12-11;1-6(2)10-8(4)7(3)9(5)11-10;/h2*7-11H,6H2,1-5H3;6-10H,1-5H3;1H4. The fraction of sp³-hybridized carbons (Fsp3) is 1.00.